The summed E-state index contributed by atoms with van der Waals surface area (Å²) >= 11 is 0. The maximum absolute atomic E-state index is 5.64. The SMILES string of the molecule is CCCCn1nc(-c2ccc(C)o2)nc1[C@@H]1CCOC1. The number of furan rings is 1. The Morgan fingerprint density at radius 3 is 2.95 bits per heavy atom. The lowest BCUT2D eigenvalue weighted by molar-refractivity contribution is 0.192. The molecule has 108 valence electrons. The summed E-state index contributed by atoms with van der Waals surface area (Å²) < 4.78 is 13.2. The molecular formula is C15H21N3O2. The Labute approximate surface area is 119 Å². The van der Waals surface area contributed by atoms with Gasteiger partial charge in [0.05, 0.1) is 6.61 Å². The molecule has 0 aliphatic carbocycles. The van der Waals surface area contributed by atoms with Gasteiger partial charge in [-0.3, -0.25) is 0 Å². The first kappa shape index (κ1) is 13.4. The predicted octanol–water partition coefficient (Wildman–Crippen LogP) is 3.15. The number of hydrogen-bond donors (Lipinski definition) is 0. The van der Waals surface area contributed by atoms with Crippen molar-refractivity contribution in [3.63, 3.8) is 0 Å². The molecule has 5 heteroatoms. The molecule has 1 aliphatic heterocycles. The Morgan fingerprint density at radius 2 is 2.30 bits per heavy atom. The molecule has 2 aromatic rings. The molecule has 20 heavy (non-hydrogen) atoms. The molecule has 0 spiro atoms. The molecule has 1 aliphatic rings. The van der Waals surface area contributed by atoms with Crippen molar-refractivity contribution in [2.24, 2.45) is 0 Å². The lowest BCUT2D eigenvalue weighted by Crippen LogP contribution is -2.10. The normalized spacial score (nSPS) is 18.8. The maximum Gasteiger partial charge on any atom is 0.217 e. The highest BCUT2D eigenvalue weighted by atomic mass is 16.5. The number of nitrogens with zero attached hydrogens (tertiary/aromatic N) is 3. The van der Waals surface area contributed by atoms with Crippen LogP contribution in [0.25, 0.3) is 11.6 Å². The van der Waals surface area contributed by atoms with Crippen molar-refractivity contribution in [1.82, 2.24) is 14.8 Å². The van der Waals surface area contributed by atoms with Gasteiger partial charge in [0.25, 0.3) is 0 Å². The molecule has 1 fully saturated rings. The second-order valence-corrected chi connectivity index (χ2v) is 5.34. The Bertz CT molecular complexity index is 567. The largest absolute Gasteiger partial charge is 0.458 e. The number of ether oxygens (including phenoxy) is 1. The van der Waals surface area contributed by atoms with E-state index in [0.29, 0.717) is 11.7 Å². The van der Waals surface area contributed by atoms with Crippen molar-refractivity contribution in [3.8, 4) is 11.6 Å². The third kappa shape index (κ3) is 2.63. The Kier molecular flexibility index (Phi) is 3.87. The molecule has 3 rings (SSSR count). The summed E-state index contributed by atoms with van der Waals surface area (Å²) in [6, 6.07) is 3.88. The van der Waals surface area contributed by atoms with E-state index in [1.807, 2.05) is 23.7 Å². The van der Waals surface area contributed by atoms with E-state index in [1.165, 1.54) is 0 Å². The number of aromatic nitrogens is 3. The van der Waals surface area contributed by atoms with Gasteiger partial charge >= 0.3 is 0 Å². The van der Waals surface area contributed by atoms with E-state index in [0.717, 1.165) is 56.4 Å². The number of rotatable bonds is 5. The molecule has 3 heterocycles. The van der Waals surface area contributed by atoms with Crippen LogP contribution >= 0.6 is 0 Å². The lowest BCUT2D eigenvalue weighted by Gasteiger charge is -2.08. The van der Waals surface area contributed by atoms with Crippen LogP contribution in [0.3, 0.4) is 0 Å². The van der Waals surface area contributed by atoms with Gasteiger partial charge in [0.15, 0.2) is 5.76 Å². The number of hydrogen-bond acceptors (Lipinski definition) is 4. The van der Waals surface area contributed by atoms with Crippen LogP contribution in [-0.4, -0.2) is 28.0 Å². The van der Waals surface area contributed by atoms with Crippen LogP contribution < -0.4 is 0 Å². The molecule has 0 amide bonds. The van der Waals surface area contributed by atoms with Gasteiger partial charge in [0.2, 0.25) is 5.82 Å². The van der Waals surface area contributed by atoms with E-state index in [-0.39, 0.29) is 0 Å². The van der Waals surface area contributed by atoms with E-state index >= 15 is 0 Å². The molecule has 0 radical (unpaired) electrons. The highest BCUT2D eigenvalue weighted by molar-refractivity contribution is 5.46. The van der Waals surface area contributed by atoms with Crippen LogP contribution in [0.5, 0.6) is 0 Å². The van der Waals surface area contributed by atoms with Crippen LogP contribution in [0.2, 0.25) is 0 Å². The second kappa shape index (κ2) is 5.79. The minimum atomic E-state index is 0.365. The first-order chi connectivity index (χ1) is 9.78. The van der Waals surface area contributed by atoms with Gasteiger partial charge in [0, 0.05) is 19.1 Å². The zero-order chi connectivity index (χ0) is 13.9. The highest BCUT2D eigenvalue weighted by Crippen LogP contribution is 2.27. The Balaban J connectivity index is 1.91. The summed E-state index contributed by atoms with van der Waals surface area (Å²) in [4.78, 5) is 4.71. The maximum atomic E-state index is 5.64. The van der Waals surface area contributed by atoms with Gasteiger partial charge in [-0.1, -0.05) is 13.3 Å². The topological polar surface area (TPSA) is 53.1 Å². The quantitative estimate of drug-likeness (QED) is 0.841. The molecule has 1 atom stereocenters. The molecule has 1 saturated heterocycles. The van der Waals surface area contributed by atoms with Crippen LogP contribution in [0.1, 0.15) is 43.7 Å². The van der Waals surface area contributed by atoms with Crippen molar-refractivity contribution in [2.45, 2.75) is 45.6 Å². The summed E-state index contributed by atoms with van der Waals surface area (Å²) in [7, 11) is 0. The summed E-state index contributed by atoms with van der Waals surface area (Å²) in [5, 5.41) is 4.63. The Morgan fingerprint density at radius 1 is 1.40 bits per heavy atom. The van der Waals surface area contributed by atoms with Gasteiger partial charge in [-0.25, -0.2) is 9.67 Å². The van der Waals surface area contributed by atoms with Gasteiger partial charge in [-0.15, -0.1) is 5.10 Å². The third-order valence-electron chi connectivity index (χ3n) is 3.68. The number of unbranched alkanes of at least 4 members (excludes halogenated alkanes) is 1. The van der Waals surface area contributed by atoms with Crippen molar-refractivity contribution < 1.29 is 9.15 Å². The first-order valence-electron chi connectivity index (χ1n) is 7.37. The fourth-order valence-electron chi connectivity index (χ4n) is 2.53. The standard InChI is InChI=1S/C15H21N3O2/c1-3-4-8-18-15(12-7-9-19-10-12)16-14(17-18)13-6-5-11(2)20-13/h5-6,12H,3-4,7-10H2,1-2H3/t12-/m1/s1. The smallest absolute Gasteiger partial charge is 0.217 e. The molecule has 0 unspecified atom stereocenters. The average molecular weight is 275 g/mol. The van der Waals surface area contributed by atoms with Crippen LogP contribution in [-0.2, 0) is 11.3 Å². The van der Waals surface area contributed by atoms with Gasteiger partial charge < -0.3 is 9.15 Å². The van der Waals surface area contributed by atoms with Crippen molar-refractivity contribution in [2.75, 3.05) is 13.2 Å². The second-order valence-electron chi connectivity index (χ2n) is 5.34. The summed E-state index contributed by atoms with van der Waals surface area (Å²) in [5.41, 5.74) is 0. The lowest BCUT2D eigenvalue weighted by atomic mass is 10.1. The summed E-state index contributed by atoms with van der Waals surface area (Å²) in [6.45, 7) is 6.60. The van der Waals surface area contributed by atoms with Crippen molar-refractivity contribution >= 4 is 0 Å². The van der Waals surface area contributed by atoms with Gasteiger partial charge in [0.1, 0.15) is 11.6 Å². The van der Waals surface area contributed by atoms with E-state index < -0.39 is 0 Å². The molecule has 0 aromatic carbocycles. The third-order valence-corrected chi connectivity index (χ3v) is 3.68. The van der Waals surface area contributed by atoms with Crippen molar-refractivity contribution in [3.05, 3.63) is 23.7 Å². The highest BCUT2D eigenvalue weighted by Gasteiger charge is 2.25. The zero-order valence-corrected chi connectivity index (χ0v) is 12.1. The predicted molar refractivity (Wildman–Crippen MR) is 75.5 cm³/mol. The first-order valence-corrected chi connectivity index (χ1v) is 7.37. The summed E-state index contributed by atoms with van der Waals surface area (Å²) in [5.74, 6) is 3.73. The number of aryl methyl sites for hydroxylation is 2. The van der Waals surface area contributed by atoms with Crippen LogP contribution in [0.15, 0.2) is 16.5 Å². The van der Waals surface area contributed by atoms with E-state index in [1.54, 1.807) is 0 Å². The van der Waals surface area contributed by atoms with Gasteiger partial charge in [-0.2, -0.15) is 0 Å². The molecule has 5 nitrogen and oxygen atoms in total. The monoisotopic (exact) mass is 275 g/mol. The van der Waals surface area contributed by atoms with Crippen molar-refractivity contribution in [1.29, 1.82) is 0 Å². The molecular weight excluding hydrogens is 254 g/mol. The minimum Gasteiger partial charge on any atom is -0.458 e. The molecule has 2 aromatic heterocycles. The minimum absolute atomic E-state index is 0.365. The molecule has 0 saturated carbocycles. The fraction of sp³-hybridized carbons (Fsp3) is 0.600. The summed E-state index contributed by atoms with van der Waals surface area (Å²) in [6.07, 6.45) is 3.29. The van der Waals surface area contributed by atoms with Crippen LogP contribution in [0, 0.1) is 6.92 Å². The fourth-order valence-corrected chi connectivity index (χ4v) is 2.53. The van der Waals surface area contributed by atoms with Gasteiger partial charge in [-0.05, 0) is 31.9 Å². The average Bonchev–Trinajstić information content (AvgIpc) is 3.15. The zero-order valence-electron chi connectivity index (χ0n) is 12.1. The van der Waals surface area contributed by atoms with Crippen LogP contribution in [0.4, 0.5) is 0 Å². The van der Waals surface area contributed by atoms with E-state index in [2.05, 4.69) is 12.0 Å². The Hall–Kier alpha value is -1.62. The van der Waals surface area contributed by atoms with E-state index in [9.17, 15) is 0 Å². The molecule has 0 bridgehead atoms. The van der Waals surface area contributed by atoms with E-state index in [4.69, 9.17) is 14.1 Å². The molecule has 0 N–H and O–H groups in total.